The molecule has 0 heterocycles. The molecule has 25 heavy (non-hydrogen) atoms. The zero-order chi connectivity index (χ0) is 18.6. The first-order valence-corrected chi connectivity index (χ1v) is 8.16. The number of carbonyl (C=O) groups is 2. The highest BCUT2D eigenvalue weighted by Gasteiger charge is 2.43. The number of hydrogen-bond acceptors (Lipinski definition) is 4. The number of ether oxygens (including phenoxy) is 2. The first-order chi connectivity index (χ1) is 11.9. The maximum absolute atomic E-state index is 13.3. The summed E-state index contributed by atoms with van der Waals surface area (Å²) in [5.41, 5.74) is 2.69. The Morgan fingerprint density at radius 1 is 1.04 bits per heavy atom. The van der Waals surface area contributed by atoms with Gasteiger partial charge in [-0.05, 0) is 43.5 Å². The van der Waals surface area contributed by atoms with Crippen molar-refractivity contribution < 1.29 is 23.5 Å². The Hall–Kier alpha value is -2.43. The van der Waals surface area contributed by atoms with Gasteiger partial charge in [0, 0.05) is 5.92 Å². The minimum Gasteiger partial charge on any atom is -0.469 e. The summed E-state index contributed by atoms with van der Waals surface area (Å²) in [4.78, 5) is 24.7. The average Bonchev–Trinajstić information content (AvgIpc) is 2.61. The first-order valence-electron chi connectivity index (χ1n) is 8.16. The summed E-state index contributed by atoms with van der Waals surface area (Å²) in [7, 11) is 2.62. The number of carbonyl (C=O) groups excluding carboxylic acids is 2. The number of esters is 2. The first kappa shape index (κ1) is 18.9. The lowest BCUT2D eigenvalue weighted by atomic mass is 9.70. The molecule has 0 radical (unpaired) electrons. The predicted octanol–water partition coefficient (Wildman–Crippen LogP) is 3.77. The Morgan fingerprint density at radius 2 is 1.64 bits per heavy atom. The van der Waals surface area contributed by atoms with Crippen LogP contribution in [-0.4, -0.2) is 26.2 Å². The topological polar surface area (TPSA) is 52.6 Å². The predicted molar refractivity (Wildman–Crippen MR) is 92.9 cm³/mol. The van der Waals surface area contributed by atoms with Gasteiger partial charge < -0.3 is 9.47 Å². The molecule has 0 aliphatic heterocycles. The third-order valence-electron chi connectivity index (χ3n) is 4.56. The molecule has 1 aliphatic carbocycles. The van der Waals surface area contributed by atoms with Crippen LogP contribution in [0.25, 0.3) is 5.57 Å². The molecule has 3 atom stereocenters. The second-order valence-electron chi connectivity index (χ2n) is 6.29. The third kappa shape index (κ3) is 3.98. The molecule has 1 aliphatic rings. The number of hydrogen-bond donors (Lipinski definition) is 0. The number of benzene rings is 1. The van der Waals surface area contributed by atoms with Gasteiger partial charge in [0.25, 0.3) is 0 Å². The molecule has 1 aromatic carbocycles. The lowest BCUT2D eigenvalue weighted by Crippen LogP contribution is -2.38. The fraction of sp³-hybridized carbons (Fsp3) is 0.400. The number of allylic oxidation sites excluding steroid dienone is 4. The van der Waals surface area contributed by atoms with Gasteiger partial charge in [0.1, 0.15) is 5.82 Å². The fourth-order valence-electron chi connectivity index (χ4n) is 3.45. The van der Waals surface area contributed by atoms with Crippen LogP contribution in [0, 0.1) is 23.6 Å². The quantitative estimate of drug-likeness (QED) is 0.615. The Morgan fingerprint density at radius 3 is 2.16 bits per heavy atom. The molecule has 2 rings (SSSR count). The van der Waals surface area contributed by atoms with Crippen LogP contribution in [0.4, 0.5) is 4.39 Å². The van der Waals surface area contributed by atoms with E-state index in [2.05, 4.69) is 0 Å². The minimum absolute atomic E-state index is 0.326. The van der Waals surface area contributed by atoms with E-state index in [1.54, 1.807) is 12.1 Å². The van der Waals surface area contributed by atoms with E-state index in [4.69, 9.17) is 9.47 Å². The summed E-state index contributed by atoms with van der Waals surface area (Å²) >= 11 is 0. The molecular weight excluding hydrogens is 323 g/mol. The van der Waals surface area contributed by atoms with Gasteiger partial charge >= 0.3 is 11.9 Å². The zero-order valence-electron chi connectivity index (χ0n) is 14.9. The van der Waals surface area contributed by atoms with E-state index in [9.17, 15) is 14.0 Å². The second-order valence-corrected chi connectivity index (χ2v) is 6.29. The van der Waals surface area contributed by atoms with E-state index in [1.807, 2.05) is 26.0 Å². The van der Waals surface area contributed by atoms with Crippen molar-refractivity contribution in [1.29, 1.82) is 0 Å². The van der Waals surface area contributed by atoms with Crippen LogP contribution in [-0.2, 0) is 19.1 Å². The molecule has 0 spiro atoms. The Labute approximate surface area is 147 Å². The smallest absolute Gasteiger partial charge is 0.310 e. The van der Waals surface area contributed by atoms with Crippen LogP contribution in [0.15, 0.2) is 42.0 Å². The normalized spacial score (nSPS) is 22.2. The molecular formula is C20H23FO4. The molecule has 134 valence electrons. The Balaban J connectivity index is 2.54. The Kier molecular flexibility index (Phi) is 6.12. The summed E-state index contributed by atoms with van der Waals surface area (Å²) in [6, 6.07) is 6.13. The summed E-state index contributed by atoms with van der Waals surface area (Å²) in [5, 5.41) is 0. The summed E-state index contributed by atoms with van der Waals surface area (Å²) < 4.78 is 23.1. The SMILES string of the molecule is COC(=O)[C@@H]1[C@@H](C(=C(C)C)c2ccc(F)cc2)C=CC[C@H]1C(=O)OC. The Bertz CT molecular complexity index is 699. The van der Waals surface area contributed by atoms with Crippen molar-refractivity contribution in [3.8, 4) is 0 Å². The molecule has 0 bridgehead atoms. The largest absolute Gasteiger partial charge is 0.469 e. The monoisotopic (exact) mass is 346 g/mol. The molecule has 0 saturated heterocycles. The van der Waals surface area contributed by atoms with Crippen LogP contribution >= 0.6 is 0 Å². The highest BCUT2D eigenvalue weighted by Crippen LogP contribution is 2.41. The van der Waals surface area contributed by atoms with Gasteiger partial charge in [0.05, 0.1) is 26.1 Å². The molecule has 0 fully saturated rings. The van der Waals surface area contributed by atoms with Gasteiger partial charge in [-0.2, -0.15) is 0 Å². The summed E-state index contributed by atoms with van der Waals surface area (Å²) in [6.07, 6.45) is 4.23. The van der Waals surface area contributed by atoms with Crippen molar-refractivity contribution in [2.75, 3.05) is 14.2 Å². The van der Waals surface area contributed by atoms with Crippen molar-refractivity contribution in [2.45, 2.75) is 20.3 Å². The van der Waals surface area contributed by atoms with E-state index in [1.165, 1.54) is 26.4 Å². The van der Waals surface area contributed by atoms with Gasteiger partial charge in [-0.1, -0.05) is 29.9 Å². The van der Waals surface area contributed by atoms with Crippen LogP contribution < -0.4 is 0 Å². The highest BCUT2D eigenvalue weighted by atomic mass is 19.1. The van der Waals surface area contributed by atoms with Crippen molar-refractivity contribution in [2.24, 2.45) is 17.8 Å². The number of methoxy groups -OCH3 is 2. The third-order valence-corrected chi connectivity index (χ3v) is 4.56. The van der Waals surface area contributed by atoms with Gasteiger partial charge in [-0.3, -0.25) is 9.59 Å². The van der Waals surface area contributed by atoms with Crippen LogP contribution in [0.1, 0.15) is 25.8 Å². The van der Waals surface area contributed by atoms with E-state index in [-0.39, 0.29) is 11.7 Å². The molecule has 0 amide bonds. The van der Waals surface area contributed by atoms with Crippen molar-refractivity contribution in [1.82, 2.24) is 0 Å². The van der Waals surface area contributed by atoms with Gasteiger partial charge in [0.15, 0.2) is 0 Å². The lowest BCUT2D eigenvalue weighted by Gasteiger charge is -2.33. The molecule has 0 N–H and O–H groups in total. The summed E-state index contributed by atoms with van der Waals surface area (Å²) in [6.45, 7) is 3.87. The van der Waals surface area contributed by atoms with E-state index >= 15 is 0 Å². The van der Waals surface area contributed by atoms with Gasteiger partial charge in [0.2, 0.25) is 0 Å². The van der Waals surface area contributed by atoms with Crippen molar-refractivity contribution in [3.63, 3.8) is 0 Å². The van der Waals surface area contributed by atoms with E-state index < -0.39 is 23.8 Å². The van der Waals surface area contributed by atoms with Crippen LogP contribution in [0.3, 0.4) is 0 Å². The van der Waals surface area contributed by atoms with Crippen molar-refractivity contribution in [3.05, 3.63) is 53.4 Å². The zero-order valence-corrected chi connectivity index (χ0v) is 14.9. The maximum Gasteiger partial charge on any atom is 0.310 e. The van der Waals surface area contributed by atoms with E-state index in [0.717, 1.165) is 16.7 Å². The van der Waals surface area contributed by atoms with Crippen LogP contribution in [0.2, 0.25) is 0 Å². The number of halogens is 1. The van der Waals surface area contributed by atoms with E-state index in [0.29, 0.717) is 6.42 Å². The number of rotatable bonds is 4. The molecule has 1 aromatic rings. The molecule has 5 heteroatoms. The summed E-state index contributed by atoms with van der Waals surface area (Å²) in [5.74, 6) is -2.85. The molecule has 0 aromatic heterocycles. The molecule has 0 unspecified atom stereocenters. The molecule has 0 saturated carbocycles. The van der Waals surface area contributed by atoms with Crippen molar-refractivity contribution >= 4 is 17.5 Å². The minimum atomic E-state index is -0.683. The lowest BCUT2D eigenvalue weighted by molar-refractivity contribution is -0.158. The molecule has 4 nitrogen and oxygen atoms in total. The fourth-order valence-corrected chi connectivity index (χ4v) is 3.45. The average molecular weight is 346 g/mol. The van der Waals surface area contributed by atoms with Gasteiger partial charge in [-0.15, -0.1) is 0 Å². The van der Waals surface area contributed by atoms with Gasteiger partial charge in [-0.25, -0.2) is 4.39 Å². The van der Waals surface area contributed by atoms with Crippen LogP contribution in [0.5, 0.6) is 0 Å². The standard InChI is InChI=1S/C20H23FO4/c1-12(2)17(13-8-10-14(21)11-9-13)15-6-5-7-16(19(22)24-3)18(15)20(23)25-4/h5-6,8-11,15-16,18H,7H2,1-4H3/t15-,16-,18-/m1/s1. The second kappa shape index (κ2) is 8.10. The highest BCUT2D eigenvalue weighted by molar-refractivity contribution is 5.86. The maximum atomic E-state index is 13.3.